The molecule has 2 rings (SSSR count). The van der Waals surface area contributed by atoms with Crippen LogP contribution in [-0.2, 0) is 28.9 Å². The van der Waals surface area contributed by atoms with Crippen molar-refractivity contribution in [3.63, 3.8) is 0 Å². The predicted molar refractivity (Wildman–Crippen MR) is 66.6 cm³/mol. The lowest BCUT2D eigenvalue weighted by molar-refractivity contribution is -0.167. The zero-order valence-electron chi connectivity index (χ0n) is 10.5. The number of fused-ring (bicyclic) bond motifs is 1. The van der Waals surface area contributed by atoms with Crippen LogP contribution in [0.25, 0.3) is 0 Å². The Bertz CT molecular complexity index is 415. The van der Waals surface area contributed by atoms with Gasteiger partial charge in [-0.25, -0.2) is 5.06 Å². The molecule has 1 amide bonds. The molecule has 0 aromatic heterocycles. The molecule has 0 fully saturated rings. The molecule has 1 aromatic carbocycles. The zero-order chi connectivity index (χ0) is 12.3. The van der Waals surface area contributed by atoms with Gasteiger partial charge >= 0.3 is 0 Å². The van der Waals surface area contributed by atoms with Crippen LogP contribution in [0.15, 0.2) is 18.2 Å². The molecule has 0 bridgehead atoms. The third-order valence-electron chi connectivity index (χ3n) is 3.39. The fourth-order valence-electron chi connectivity index (χ4n) is 2.28. The van der Waals surface area contributed by atoms with Gasteiger partial charge in [-0.15, -0.1) is 0 Å². The normalized spacial score (nSPS) is 14.2. The van der Waals surface area contributed by atoms with Crippen molar-refractivity contribution in [1.29, 1.82) is 0 Å². The molecule has 1 aliphatic rings. The maximum atomic E-state index is 11.7. The molecule has 3 nitrogen and oxygen atoms in total. The van der Waals surface area contributed by atoms with Crippen molar-refractivity contribution in [1.82, 2.24) is 5.06 Å². The van der Waals surface area contributed by atoms with Crippen molar-refractivity contribution in [3.05, 3.63) is 34.9 Å². The van der Waals surface area contributed by atoms with Crippen LogP contribution >= 0.6 is 0 Å². The smallest absolute Gasteiger partial charge is 0.250 e. The first-order valence-corrected chi connectivity index (χ1v) is 6.12. The third-order valence-corrected chi connectivity index (χ3v) is 3.39. The van der Waals surface area contributed by atoms with Gasteiger partial charge in [-0.2, -0.15) is 0 Å². The average molecular weight is 233 g/mol. The van der Waals surface area contributed by atoms with E-state index in [-0.39, 0.29) is 5.91 Å². The molecule has 0 heterocycles. The van der Waals surface area contributed by atoms with E-state index >= 15 is 0 Å². The summed E-state index contributed by atoms with van der Waals surface area (Å²) in [4.78, 5) is 16.6. The standard InChI is InChI=1S/C14H19NO2/c1-15(17-2)14(16)10-11-7-8-12-5-3-4-6-13(12)9-11/h7-9H,3-6,10H2,1-2H3. The summed E-state index contributed by atoms with van der Waals surface area (Å²) in [6.07, 6.45) is 5.30. The van der Waals surface area contributed by atoms with Crippen LogP contribution in [0.2, 0.25) is 0 Å². The van der Waals surface area contributed by atoms with Crippen molar-refractivity contribution in [2.45, 2.75) is 32.1 Å². The Hall–Kier alpha value is -1.35. The summed E-state index contributed by atoms with van der Waals surface area (Å²) >= 11 is 0. The number of hydrogen-bond donors (Lipinski definition) is 0. The Labute approximate surface area is 102 Å². The molecule has 3 heteroatoms. The summed E-state index contributed by atoms with van der Waals surface area (Å²) < 4.78 is 0. The second-order valence-corrected chi connectivity index (χ2v) is 4.56. The Morgan fingerprint density at radius 2 is 2.00 bits per heavy atom. The third kappa shape index (κ3) is 2.86. The number of carbonyl (C=O) groups excluding carboxylic acids is 1. The SMILES string of the molecule is CON(C)C(=O)Cc1ccc2c(c1)CCCC2. The Kier molecular flexibility index (Phi) is 3.79. The Morgan fingerprint density at radius 3 is 2.71 bits per heavy atom. The molecule has 92 valence electrons. The number of hydroxylamine groups is 2. The minimum atomic E-state index is -0.0109. The quantitative estimate of drug-likeness (QED) is 0.748. The number of nitrogens with zero attached hydrogens (tertiary/aromatic N) is 1. The second-order valence-electron chi connectivity index (χ2n) is 4.56. The molecule has 0 spiro atoms. The van der Waals surface area contributed by atoms with E-state index in [9.17, 15) is 4.79 Å². The lowest BCUT2D eigenvalue weighted by atomic mass is 9.90. The highest BCUT2D eigenvalue weighted by Gasteiger charge is 2.12. The van der Waals surface area contributed by atoms with E-state index < -0.39 is 0 Å². The van der Waals surface area contributed by atoms with E-state index in [2.05, 4.69) is 18.2 Å². The van der Waals surface area contributed by atoms with Crippen molar-refractivity contribution in [2.24, 2.45) is 0 Å². The van der Waals surface area contributed by atoms with Crippen LogP contribution in [-0.4, -0.2) is 25.1 Å². The Morgan fingerprint density at radius 1 is 1.29 bits per heavy atom. The summed E-state index contributed by atoms with van der Waals surface area (Å²) in [6, 6.07) is 6.41. The van der Waals surface area contributed by atoms with E-state index in [1.54, 1.807) is 7.05 Å². The fraction of sp³-hybridized carbons (Fsp3) is 0.500. The van der Waals surface area contributed by atoms with Crippen LogP contribution in [0.1, 0.15) is 29.5 Å². The maximum absolute atomic E-state index is 11.7. The number of aryl methyl sites for hydroxylation is 2. The highest BCUT2D eigenvalue weighted by Crippen LogP contribution is 2.22. The molecule has 0 aliphatic heterocycles. The number of amides is 1. The first kappa shape index (κ1) is 12.1. The van der Waals surface area contributed by atoms with Crippen LogP contribution in [0.4, 0.5) is 0 Å². The van der Waals surface area contributed by atoms with Crippen molar-refractivity contribution in [2.75, 3.05) is 14.2 Å². The number of rotatable bonds is 3. The van der Waals surface area contributed by atoms with Gasteiger partial charge in [0.2, 0.25) is 5.91 Å². The molecule has 0 N–H and O–H groups in total. The number of benzene rings is 1. The topological polar surface area (TPSA) is 29.5 Å². The number of carbonyl (C=O) groups is 1. The molecule has 0 saturated carbocycles. The van der Waals surface area contributed by atoms with Gasteiger partial charge in [-0.1, -0.05) is 18.2 Å². The largest absolute Gasteiger partial charge is 0.275 e. The van der Waals surface area contributed by atoms with Gasteiger partial charge in [0.05, 0.1) is 13.5 Å². The van der Waals surface area contributed by atoms with E-state index in [0.717, 1.165) is 12.0 Å². The van der Waals surface area contributed by atoms with Crippen molar-refractivity contribution < 1.29 is 9.63 Å². The number of likely N-dealkylation sites (N-methyl/N-ethyl adjacent to an activating group) is 1. The summed E-state index contributed by atoms with van der Waals surface area (Å²) in [5.41, 5.74) is 3.95. The molecule has 0 radical (unpaired) electrons. The summed E-state index contributed by atoms with van der Waals surface area (Å²) in [5.74, 6) is -0.0109. The monoisotopic (exact) mass is 233 g/mol. The van der Waals surface area contributed by atoms with E-state index in [4.69, 9.17) is 4.84 Å². The van der Waals surface area contributed by atoms with Gasteiger partial charge in [0.25, 0.3) is 0 Å². The minimum absolute atomic E-state index is 0.0109. The molecular weight excluding hydrogens is 214 g/mol. The molecule has 0 unspecified atom stereocenters. The second kappa shape index (κ2) is 5.32. The van der Waals surface area contributed by atoms with Crippen molar-refractivity contribution in [3.8, 4) is 0 Å². The van der Waals surface area contributed by atoms with E-state index in [0.29, 0.717) is 6.42 Å². The minimum Gasteiger partial charge on any atom is -0.275 e. The van der Waals surface area contributed by atoms with E-state index in [1.165, 1.54) is 42.6 Å². The molecule has 0 atom stereocenters. The molecule has 0 saturated heterocycles. The Balaban J connectivity index is 2.09. The maximum Gasteiger partial charge on any atom is 0.250 e. The predicted octanol–water partition coefficient (Wildman–Crippen LogP) is 2.13. The van der Waals surface area contributed by atoms with Crippen LogP contribution in [0, 0.1) is 0 Å². The van der Waals surface area contributed by atoms with Crippen molar-refractivity contribution >= 4 is 5.91 Å². The first-order chi connectivity index (χ1) is 8.20. The molecule has 1 aromatic rings. The van der Waals surface area contributed by atoms with Crippen LogP contribution < -0.4 is 0 Å². The summed E-state index contributed by atoms with van der Waals surface area (Å²) in [6.45, 7) is 0. The lowest BCUT2D eigenvalue weighted by Crippen LogP contribution is -2.27. The van der Waals surface area contributed by atoms with Crippen LogP contribution in [0.3, 0.4) is 0 Å². The molecular formula is C14H19NO2. The van der Waals surface area contributed by atoms with E-state index in [1.807, 2.05) is 0 Å². The van der Waals surface area contributed by atoms with Crippen LogP contribution in [0.5, 0.6) is 0 Å². The summed E-state index contributed by atoms with van der Waals surface area (Å²) in [5, 5.41) is 1.28. The van der Waals surface area contributed by atoms with Gasteiger partial charge < -0.3 is 0 Å². The number of hydrogen-bond acceptors (Lipinski definition) is 2. The first-order valence-electron chi connectivity index (χ1n) is 6.12. The molecule has 1 aliphatic carbocycles. The lowest BCUT2D eigenvalue weighted by Gasteiger charge is -2.17. The highest BCUT2D eigenvalue weighted by atomic mass is 16.7. The summed E-state index contributed by atoms with van der Waals surface area (Å²) in [7, 11) is 3.14. The van der Waals surface area contributed by atoms with Gasteiger partial charge in [-0.3, -0.25) is 9.63 Å². The van der Waals surface area contributed by atoms with Gasteiger partial charge in [0.1, 0.15) is 0 Å². The average Bonchev–Trinajstić information content (AvgIpc) is 2.37. The van der Waals surface area contributed by atoms with Gasteiger partial charge in [-0.05, 0) is 42.4 Å². The highest BCUT2D eigenvalue weighted by molar-refractivity contribution is 5.77. The van der Waals surface area contributed by atoms with Gasteiger partial charge in [0, 0.05) is 7.05 Å². The fourth-order valence-corrected chi connectivity index (χ4v) is 2.28. The molecule has 17 heavy (non-hydrogen) atoms. The zero-order valence-corrected chi connectivity index (χ0v) is 10.5. The van der Waals surface area contributed by atoms with Gasteiger partial charge in [0.15, 0.2) is 0 Å².